The molecule has 0 spiro atoms. The first kappa shape index (κ1) is 10.8. The molecule has 0 aromatic heterocycles. The molecule has 0 saturated carbocycles. The van der Waals surface area contributed by atoms with E-state index in [1.807, 2.05) is 6.07 Å². The second kappa shape index (κ2) is 4.45. The SMILES string of the molecule is CCOC(=O)[C@H]1O[C@@H]1C(=O)c1ccccc1. The minimum atomic E-state index is -0.715. The van der Waals surface area contributed by atoms with Crippen LogP contribution >= 0.6 is 0 Å². The van der Waals surface area contributed by atoms with Crippen LogP contribution < -0.4 is 0 Å². The van der Waals surface area contributed by atoms with E-state index < -0.39 is 18.2 Å². The van der Waals surface area contributed by atoms with Gasteiger partial charge < -0.3 is 9.47 Å². The minimum Gasteiger partial charge on any atom is -0.464 e. The maximum absolute atomic E-state index is 11.8. The maximum Gasteiger partial charge on any atom is 0.338 e. The molecule has 0 amide bonds. The quantitative estimate of drug-likeness (QED) is 0.434. The molecular formula is C12H12O4. The highest BCUT2D eigenvalue weighted by molar-refractivity contribution is 6.04. The predicted octanol–water partition coefficient (Wildman–Crippen LogP) is 1.20. The second-order valence-electron chi connectivity index (χ2n) is 3.46. The second-order valence-corrected chi connectivity index (χ2v) is 3.46. The van der Waals surface area contributed by atoms with Crippen molar-refractivity contribution in [2.24, 2.45) is 0 Å². The van der Waals surface area contributed by atoms with Crippen LogP contribution in [0.1, 0.15) is 17.3 Å². The third-order valence-electron chi connectivity index (χ3n) is 2.33. The normalized spacial score (nSPS) is 22.6. The van der Waals surface area contributed by atoms with Crippen LogP contribution in [0.25, 0.3) is 0 Å². The van der Waals surface area contributed by atoms with Crippen molar-refractivity contribution in [3.8, 4) is 0 Å². The summed E-state index contributed by atoms with van der Waals surface area (Å²) in [4.78, 5) is 23.0. The van der Waals surface area contributed by atoms with Crippen molar-refractivity contribution in [1.82, 2.24) is 0 Å². The van der Waals surface area contributed by atoms with Gasteiger partial charge in [0.05, 0.1) is 6.61 Å². The molecule has 2 rings (SSSR count). The summed E-state index contributed by atoms with van der Waals surface area (Å²) in [5.41, 5.74) is 0.555. The smallest absolute Gasteiger partial charge is 0.338 e. The summed E-state index contributed by atoms with van der Waals surface area (Å²) in [5.74, 6) is -0.629. The summed E-state index contributed by atoms with van der Waals surface area (Å²) < 4.78 is 9.79. The van der Waals surface area contributed by atoms with E-state index in [2.05, 4.69) is 0 Å². The molecule has 4 heteroatoms. The van der Waals surface area contributed by atoms with Crippen molar-refractivity contribution >= 4 is 11.8 Å². The Bertz CT molecular complexity index is 399. The lowest BCUT2D eigenvalue weighted by atomic mass is 10.1. The van der Waals surface area contributed by atoms with Crippen LogP contribution in [0.4, 0.5) is 0 Å². The number of carbonyl (C=O) groups excluding carboxylic acids is 2. The van der Waals surface area contributed by atoms with Gasteiger partial charge in [0.25, 0.3) is 0 Å². The molecule has 1 saturated heterocycles. The van der Waals surface area contributed by atoms with Crippen LogP contribution in [0.2, 0.25) is 0 Å². The maximum atomic E-state index is 11.8. The third kappa shape index (κ3) is 2.12. The lowest BCUT2D eigenvalue weighted by Crippen LogP contribution is -2.18. The van der Waals surface area contributed by atoms with Gasteiger partial charge in [-0.25, -0.2) is 4.79 Å². The van der Waals surface area contributed by atoms with E-state index >= 15 is 0 Å². The fourth-order valence-electron chi connectivity index (χ4n) is 1.48. The van der Waals surface area contributed by atoms with E-state index in [1.165, 1.54) is 0 Å². The number of hydrogen-bond donors (Lipinski definition) is 0. The Kier molecular flexibility index (Phi) is 3.01. The van der Waals surface area contributed by atoms with Crippen molar-refractivity contribution in [3.63, 3.8) is 0 Å². The molecule has 4 nitrogen and oxygen atoms in total. The van der Waals surface area contributed by atoms with E-state index in [-0.39, 0.29) is 5.78 Å². The Morgan fingerprint density at radius 2 is 1.94 bits per heavy atom. The fourth-order valence-corrected chi connectivity index (χ4v) is 1.48. The summed E-state index contributed by atoms with van der Waals surface area (Å²) >= 11 is 0. The average molecular weight is 220 g/mol. The molecule has 0 unspecified atom stereocenters. The minimum absolute atomic E-state index is 0.168. The van der Waals surface area contributed by atoms with Crippen molar-refractivity contribution in [3.05, 3.63) is 35.9 Å². The van der Waals surface area contributed by atoms with Gasteiger partial charge in [0.15, 0.2) is 18.0 Å². The number of epoxide rings is 1. The monoisotopic (exact) mass is 220 g/mol. The van der Waals surface area contributed by atoms with Crippen molar-refractivity contribution in [1.29, 1.82) is 0 Å². The van der Waals surface area contributed by atoms with Crippen LogP contribution in [-0.2, 0) is 14.3 Å². The molecule has 0 N–H and O–H groups in total. The number of carbonyl (C=O) groups is 2. The Labute approximate surface area is 93.2 Å². The van der Waals surface area contributed by atoms with Crippen molar-refractivity contribution in [2.75, 3.05) is 6.61 Å². The zero-order valence-electron chi connectivity index (χ0n) is 8.88. The molecule has 1 aromatic rings. The van der Waals surface area contributed by atoms with Gasteiger partial charge in [0.1, 0.15) is 0 Å². The zero-order chi connectivity index (χ0) is 11.5. The Balaban J connectivity index is 1.97. The number of esters is 1. The molecule has 0 aliphatic carbocycles. The standard InChI is InChI=1S/C12H12O4/c1-2-15-12(14)11-10(16-11)9(13)8-6-4-3-5-7-8/h3-7,10-11H,2H2,1H3/t10-,11+/m1/s1. The topological polar surface area (TPSA) is 55.9 Å². The predicted molar refractivity (Wildman–Crippen MR) is 56.1 cm³/mol. The first-order valence-corrected chi connectivity index (χ1v) is 5.15. The highest BCUT2D eigenvalue weighted by Gasteiger charge is 2.51. The van der Waals surface area contributed by atoms with Crippen LogP contribution in [0, 0.1) is 0 Å². The zero-order valence-corrected chi connectivity index (χ0v) is 8.88. The Morgan fingerprint density at radius 1 is 1.25 bits per heavy atom. The van der Waals surface area contributed by atoms with E-state index in [4.69, 9.17) is 9.47 Å². The Hall–Kier alpha value is -1.68. The number of ether oxygens (including phenoxy) is 2. The van der Waals surface area contributed by atoms with E-state index in [0.717, 1.165) is 0 Å². The molecule has 1 fully saturated rings. The molecule has 0 bridgehead atoms. The first-order valence-electron chi connectivity index (χ1n) is 5.15. The Morgan fingerprint density at radius 3 is 2.56 bits per heavy atom. The van der Waals surface area contributed by atoms with E-state index in [0.29, 0.717) is 12.2 Å². The number of rotatable bonds is 4. The number of Topliss-reactive ketones (excluding diaryl/α,β-unsaturated/α-hetero) is 1. The first-order chi connectivity index (χ1) is 7.74. The summed E-state index contributed by atoms with van der Waals surface area (Å²) in [6.45, 7) is 2.01. The van der Waals surface area contributed by atoms with Gasteiger partial charge in [-0.1, -0.05) is 30.3 Å². The van der Waals surface area contributed by atoms with Gasteiger partial charge in [0.2, 0.25) is 0 Å². The largest absolute Gasteiger partial charge is 0.464 e. The van der Waals surface area contributed by atoms with Crippen molar-refractivity contribution < 1.29 is 19.1 Å². The number of hydrogen-bond acceptors (Lipinski definition) is 4. The van der Waals surface area contributed by atoms with Gasteiger partial charge in [-0.05, 0) is 6.92 Å². The van der Waals surface area contributed by atoms with Crippen LogP contribution in [0.3, 0.4) is 0 Å². The van der Waals surface area contributed by atoms with Gasteiger partial charge >= 0.3 is 5.97 Å². The van der Waals surface area contributed by atoms with E-state index in [1.54, 1.807) is 31.2 Å². The summed E-state index contributed by atoms with van der Waals surface area (Å²) in [7, 11) is 0. The third-order valence-corrected chi connectivity index (χ3v) is 2.33. The van der Waals surface area contributed by atoms with Crippen LogP contribution in [0.15, 0.2) is 30.3 Å². The molecule has 84 valence electrons. The highest BCUT2D eigenvalue weighted by atomic mass is 16.6. The van der Waals surface area contributed by atoms with Gasteiger partial charge in [-0.3, -0.25) is 4.79 Å². The van der Waals surface area contributed by atoms with Gasteiger partial charge in [0, 0.05) is 5.56 Å². The number of ketones is 1. The molecule has 0 radical (unpaired) electrons. The highest BCUT2D eigenvalue weighted by Crippen LogP contribution is 2.27. The fraction of sp³-hybridized carbons (Fsp3) is 0.333. The lowest BCUT2D eigenvalue weighted by Gasteiger charge is -1.97. The average Bonchev–Trinajstić information content (AvgIpc) is 3.09. The van der Waals surface area contributed by atoms with Crippen LogP contribution in [0.5, 0.6) is 0 Å². The summed E-state index contributed by atoms with van der Waals surface area (Å²) in [6.07, 6.45) is -1.38. The van der Waals surface area contributed by atoms with Crippen molar-refractivity contribution in [2.45, 2.75) is 19.1 Å². The van der Waals surface area contributed by atoms with Gasteiger partial charge in [-0.2, -0.15) is 0 Å². The molecule has 1 aromatic carbocycles. The molecule has 1 aliphatic heterocycles. The molecule has 1 aliphatic rings. The summed E-state index contributed by atoms with van der Waals surface area (Å²) in [5, 5.41) is 0. The molecule has 16 heavy (non-hydrogen) atoms. The lowest BCUT2D eigenvalue weighted by molar-refractivity contribution is -0.144. The molecular weight excluding hydrogens is 208 g/mol. The number of benzene rings is 1. The molecule has 2 atom stereocenters. The van der Waals surface area contributed by atoms with Gasteiger partial charge in [-0.15, -0.1) is 0 Å². The summed E-state index contributed by atoms with van der Waals surface area (Å²) in [6, 6.07) is 8.77. The molecule has 1 heterocycles. The van der Waals surface area contributed by atoms with E-state index in [9.17, 15) is 9.59 Å². The van der Waals surface area contributed by atoms with Crippen LogP contribution in [-0.4, -0.2) is 30.6 Å².